The van der Waals surface area contributed by atoms with Crippen LogP contribution in [0.5, 0.6) is 0 Å². The van der Waals surface area contributed by atoms with E-state index in [1.165, 1.54) is 11.8 Å². The Hall–Kier alpha value is -1.75. The van der Waals surface area contributed by atoms with Gasteiger partial charge in [-0.2, -0.15) is 0 Å². The lowest BCUT2D eigenvalue weighted by atomic mass is 10.2. The van der Waals surface area contributed by atoms with Crippen molar-refractivity contribution in [3.05, 3.63) is 47.8 Å². The van der Waals surface area contributed by atoms with E-state index in [9.17, 15) is 4.79 Å². The van der Waals surface area contributed by atoms with E-state index in [1.54, 1.807) is 0 Å². The SMILES string of the molecule is CCc1cnc(SC(C)C(=O)NCc2ccccc2)[nH]1. The highest BCUT2D eigenvalue weighted by Crippen LogP contribution is 2.20. The molecule has 0 aliphatic heterocycles. The van der Waals surface area contributed by atoms with Gasteiger partial charge in [0.25, 0.3) is 0 Å². The molecule has 1 amide bonds. The number of nitrogens with zero attached hydrogens (tertiary/aromatic N) is 1. The van der Waals surface area contributed by atoms with Gasteiger partial charge in [0.2, 0.25) is 5.91 Å². The number of nitrogens with one attached hydrogen (secondary N) is 2. The van der Waals surface area contributed by atoms with Crippen LogP contribution in [0.15, 0.2) is 41.7 Å². The van der Waals surface area contributed by atoms with Crippen LogP contribution in [0, 0.1) is 0 Å². The van der Waals surface area contributed by atoms with Crippen molar-refractivity contribution in [3.8, 4) is 0 Å². The Labute approximate surface area is 123 Å². The van der Waals surface area contributed by atoms with Gasteiger partial charge in [-0.3, -0.25) is 4.79 Å². The van der Waals surface area contributed by atoms with E-state index in [4.69, 9.17) is 0 Å². The summed E-state index contributed by atoms with van der Waals surface area (Å²) in [6.07, 6.45) is 2.74. The van der Waals surface area contributed by atoms with Gasteiger partial charge in [0.15, 0.2) is 5.16 Å². The Morgan fingerprint density at radius 2 is 2.15 bits per heavy atom. The lowest BCUT2D eigenvalue weighted by molar-refractivity contribution is -0.120. The van der Waals surface area contributed by atoms with E-state index in [0.29, 0.717) is 6.54 Å². The Morgan fingerprint density at radius 3 is 2.80 bits per heavy atom. The van der Waals surface area contributed by atoms with Gasteiger partial charge < -0.3 is 10.3 Å². The molecule has 0 spiro atoms. The molecule has 0 saturated carbocycles. The number of rotatable bonds is 6. The molecular weight excluding hydrogens is 270 g/mol. The topological polar surface area (TPSA) is 57.8 Å². The van der Waals surface area contributed by atoms with Crippen molar-refractivity contribution in [2.24, 2.45) is 0 Å². The number of hydrogen-bond donors (Lipinski definition) is 2. The van der Waals surface area contributed by atoms with E-state index in [-0.39, 0.29) is 11.2 Å². The first-order valence-electron chi connectivity index (χ1n) is 6.71. The highest BCUT2D eigenvalue weighted by molar-refractivity contribution is 8.00. The predicted octanol–water partition coefficient (Wildman–Crippen LogP) is 2.77. The zero-order valence-electron chi connectivity index (χ0n) is 11.7. The minimum Gasteiger partial charge on any atom is -0.351 e. The van der Waals surface area contributed by atoms with E-state index in [1.807, 2.05) is 43.5 Å². The minimum absolute atomic E-state index is 0.0216. The number of imidazole rings is 1. The van der Waals surface area contributed by atoms with Gasteiger partial charge in [-0.15, -0.1) is 0 Å². The molecule has 0 bridgehead atoms. The average Bonchev–Trinajstić information content (AvgIpc) is 2.93. The molecule has 20 heavy (non-hydrogen) atoms. The molecule has 1 atom stereocenters. The first-order chi connectivity index (χ1) is 9.69. The van der Waals surface area contributed by atoms with Crippen molar-refractivity contribution in [2.45, 2.75) is 37.2 Å². The Balaban J connectivity index is 1.82. The molecule has 0 fully saturated rings. The molecule has 2 N–H and O–H groups in total. The van der Waals surface area contributed by atoms with Crippen molar-refractivity contribution < 1.29 is 4.79 Å². The van der Waals surface area contributed by atoms with E-state index in [2.05, 4.69) is 22.2 Å². The van der Waals surface area contributed by atoms with E-state index in [0.717, 1.165) is 22.8 Å². The van der Waals surface area contributed by atoms with E-state index >= 15 is 0 Å². The number of aryl methyl sites for hydroxylation is 1. The van der Waals surface area contributed by atoms with Crippen LogP contribution in [-0.4, -0.2) is 21.1 Å². The van der Waals surface area contributed by atoms with Crippen LogP contribution in [-0.2, 0) is 17.8 Å². The van der Waals surface area contributed by atoms with Gasteiger partial charge in [0.1, 0.15) is 0 Å². The summed E-state index contributed by atoms with van der Waals surface area (Å²) in [5.74, 6) is 0.0216. The summed E-state index contributed by atoms with van der Waals surface area (Å²) in [5, 5.41) is 3.56. The van der Waals surface area contributed by atoms with Gasteiger partial charge >= 0.3 is 0 Å². The van der Waals surface area contributed by atoms with Crippen molar-refractivity contribution in [2.75, 3.05) is 0 Å². The number of thioether (sulfide) groups is 1. The number of amides is 1. The number of carbonyl (C=O) groups is 1. The number of hydrogen-bond acceptors (Lipinski definition) is 3. The molecule has 0 aliphatic rings. The second kappa shape index (κ2) is 7.14. The maximum atomic E-state index is 12.0. The quantitative estimate of drug-likeness (QED) is 0.804. The lowest BCUT2D eigenvalue weighted by Crippen LogP contribution is -2.30. The fourth-order valence-corrected chi connectivity index (χ4v) is 2.56. The summed E-state index contributed by atoms with van der Waals surface area (Å²) in [6.45, 7) is 4.51. The molecule has 4 nitrogen and oxygen atoms in total. The number of aromatic nitrogens is 2. The average molecular weight is 289 g/mol. The Bertz CT molecular complexity index is 553. The highest BCUT2D eigenvalue weighted by atomic mass is 32.2. The molecule has 1 aromatic heterocycles. The third-order valence-corrected chi connectivity index (χ3v) is 3.95. The highest BCUT2D eigenvalue weighted by Gasteiger charge is 2.15. The normalized spacial score (nSPS) is 12.1. The van der Waals surface area contributed by atoms with Crippen molar-refractivity contribution in [1.29, 1.82) is 0 Å². The summed E-state index contributed by atoms with van der Waals surface area (Å²) in [6, 6.07) is 9.89. The van der Waals surface area contributed by atoms with Crippen molar-refractivity contribution >= 4 is 17.7 Å². The molecule has 1 aromatic carbocycles. The van der Waals surface area contributed by atoms with Crippen LogP contribution in [0.1, 0.15) is 25.1 Å². The third kappa shape index (κ3) is 4.13. The fraction of sp³-hybridized carbons (Fsp3) is 0.333. The molecule has 5 heteroatoms. The van der Waals surface area contributed by atoms with Gasteiger partial charge in [-0.1, -0.05) is 49.0 Å². The molecular formula is C15H19N3OS. The van der Waals surface area contributed by atoms with Crippen molar-refractivity contribution in [1.82, 2.24) is 15.3 Å². The molecule has 1 heterocycles. The molecule has 0 saturated heterocycles. The summed E-state index contributed by atoms with van der Waals surface area (Å²) < 4.78 is 0. The van der Waals surface area contributed by atoms with Gasteiger partial charge in [0.05, 0.1) is 5.25 Å². The standard InChI is InChI=1S/C15H19N3OS/c1-3-13-10-17-15(18-13)20-11(2)14(19)16-9-12-7-5-4-6-8-12/h4-8,10-11H,3,9H2,1-2H3,(H,16,19)(H,17,18). The summed E-state index contributed by atoms with van der Waals surface area (Å²) in [4.78, 5) is 19.5. The maximum Gasteiger partial charge on any atom is 0.233 e. The zero-order chi connectivity index (χ0) is 14.4. The largest absolute Gasteiger partial charge is 0.351 e. The van der Waals surface area contributed by atoms with Crippen LogP contribution in [0.25, 0.3) is 0 Å². The van der Waals surface area contributed by atoms with Crippen molar-refractivity contribution in [3.63, 3.8) is 0 Å². The molecule has 1 unspecified atom stereocenters. The monoisotopic (exact) mass is 289 g/mol. The number of aromatic amines is 1. The minimum atomic E-state index is -0.172. The molecule has 2 aromatic rings. The smallest absolute Gasteiger partial charge is 0.233 e. The van der Waals surface area contributed by atoms with Crippen LogP contribution in [0.4, 0.5) is 0 Å². The molecule has 0 radical (unpaired) electrons. The molecule has 0 aliphatic carbocycles. The van der Waals surface area contributed by atoms with Gasteiger partial charge in [0, 0.05) is 18.4 Å². The Morgan fingerprint density at radius 1 is 1.40 bits per heavy atom. The fourth-order valence-electron chi connectivity index (χ4n) is 1.73. The van der Waals surface area contributed by atoms with Gasteiger partial charge in [-0.05, 0) is 18.9 Å². The first-order valence-corrected chi connectivity index (χ1v) is 7.59. The van der Waals surface area contributed by atoms with Crippen LogP contribution >= 0.6 is 11.8 Å². The zero-order valence-corrected chi connectivity index (χ0v) is 12.5. The van der Waals surface area contributed by atoms with E-state index < -0.39 is 0 Å². The summed E-state index contributed by atoms with van der Waals surface area (Å²) in [7, 11) is 0. The van der Waals surface area contributed by atoms with Crippen LogP contribution in [0.3, 0.4) is 0 Å². The molecule has 2 rings (SSSR count). The van der Waals surface area contributed by atoms with Crippen LogP contribution in [0.2, 0.25) is 0 Å². The second-order valence-electron chi connectivity index (χ2n) is 4.53. The Kier molecular flexibility index (Phi) is 5.24. The van der Waals surface area contributed by atoms with Gasteiger partial charge in [-0.25, -0.2) is 4.98 Å². The summed E-state index contributed by atoms with van der Waals surface area (Å²) >= 11 is 1.44. The van der Waals surface area contributed by atoms with Crippen LogP contribution < -0.4 is 5.32 Å². The number of carbonyl (C=O) groups excluding carboxylic acids is 1. The summed E-state index contributed by atoms with van der Waals surface area (Å²) in [5.41, 5.74) is 2.19. The maximum absolute atomic E-state index is 12.0. The first kappa shape index (κ1) is 14.7. The lowest BCUT2D eigenvalue weighted by Gasteiger charge is -2.10. The number of H-pyrrole nitrogens is 1. The predicted molar refractivity (Wildman–Crippen MR) is 81.6 cm³/mol. The molecule has 106 valence electrons. The number of benzene rings is 1. The second-order valence-corrected chi connectivity index (χ2v) is 5.86. The third-order valence-electron chi connectivity index (χ3n) is 2.95.